The van der Waals surface area contributed by atoms with Gasteiger partial charge in [-0.2, -0.15) is 0 Å². The number of benzene rings is 2. The lowest BCUT2D eigenvalue weighted by Crippen LogP contribution is -2.33. The normalized spacial score (nSPS) is 15.0. The zero-order valence-corrected chi connectivity index (χ0v) is 17.0. The number of anilines is 2. The summed E-state index contributed by atoms with van der Waals surface area (Å²) in [5.41, 5.74) is 3.46. The molecule has 1 N–H and O–H groups in total. The molecule has 144 valence electrons. The van der Waals surface area contributed by atoms with Gasteiger partial charge in [0.05, 0.1) is 5.52 Å². The number of pyridine rings is 1. The summed E-state index contributed by atoms with van der Waals surface area (Å²) in [5, 5.41) is 4.63. The molecule has 1 aliphatic rings. The first-order chi connectivity index (χ1) is 13.5. The topological polar surface area (TPSA) is 45.2 Å². The first-order valence-corrected chi connectivity index (χ1v) is 10.1. The Balaban J connectivity index is 1.57. The van der Waals surface area contributed by atoms with Gasteiger partial charge in [0.1, 0.15) is 5.82 Å². The summed E-state index contributed by atoms with van der Waals surface area (Å²) in [7, 11) is 0. The van der Waals surface area contributed by atoms with Crippen molar-refractivity contribution in [2.75, 3.05) is 23.3 Å². The van der Waals surface area contributed by atoms with Crippen molar-refractivity contribution in [1.29, 1.82) is 0 Å². The van der Waals surface area contributed by atoms with Gasteiger partial charge in [-0.15, -0.1) is 0 Å². The predicted octanol–water partition coefficient (Wildman–Crippen LogP) is 5.69. The molecule has 5 heteroatoms. The average molecular weight is 394 g/mol. The Labute approximate surface area is 170 Å². The number of rotatable bonds is 3. The van der Waals surface area contributed by atoms with Crippen molar-refractivity contribution in [3.8, 4) is 0 Å². The molecule has 28 heavy (non-hydrogen) atoms. The van der Waals surface area contributed by atoms with Gasteiger partial charge in [-0.25, -0.2) is 4.98 Å². The van der Waals surface area contributed by atoms with Gasteiger partial charge in [0.2, 0.25) is 0 Å². The Kier molecular flexibility index (Phi) is 5.23. The maximum Gasteiger partial charge on any atom is 0.255 e. The molecule has 1 fully saturated rings. The number of halogens is 1. The Morgan fingerprint density at radius 2 is 1.82 bits per heavy atom. The van der Waals surface area contributed by atoms with Crippen molar-refractivity contribution in [2.24, 2.45) is 5.92 Å². The number of aryl methyl sites for hydroxylation is 1. The van der Waals surface area contributed by atoms with E-state index in [9.17, 15) is 4.79 Å². The standard InChI is InChI=1S/C23H24ClN3O/c1-15-9-11-27(12-10-15)22-13-16(2)20-14-19(7-8-21(20)26-22)25-23(28)17-3-5-18(24)6-4-17/h3-8,13-15H,9-12H2,1-2H3,(H,25,28). The maximum atomic E-state index is 12.5. The first-order valence-electron chi connectivity index (χ1n) is 9.73. The summed E-state index contributed by atoms with van der Waals surface area (Å²) >= 11 is 5.89. The molecule has 0 saturated carbocycles. The fraction of sp³-hybridized carbons (Fsp3) is 0.304. The minimum Gasteiger partial charge on any atom is -0.357 e. The van der Waals surface area contributed by atoms with Crippen LogP contribution in [0.25, 0.3) is 10.9 Å². The number of aromatic nitrogens is 1. The van der Waals surface area contributed by atoms with Crippen molar-refractivity contribution in [1.82, 2.24) is 4.98 Å². The van der Waals surface area contributed by atoms with Crippen LogP contribution in [0.3, 0.4) is 0 Å². The van der Waals surface area contributed by atoms with Gasteiger partial charge in [-0.05, 0) is 79.8 Å². The van der Waals surface area contributed by atoms with Crippen LogP contribution in [0.1, 0.15) is 35.7 Å². The number of hydrogen-bond donors (Lipinski definition) is 1. The van der Waals surface area contributed by atoms with E-state index >= 15 is 0 Å². The molecule has 4 rings (SSSR count). The molecule has 1 aromatic heterocycles. The van der Waals surface area contributed by atoms with E-state index in [0.29, 0.717) is 10.6 Å². The van der Waals surface area contributed by atoms with Crippen LogP contribution in [0.15, 0.2) is 48.5 Å². The monoisotopic (exact) mass is 393 g/mol. The smallest absolute Gasteiger partial charge is 0.255 e. The number of carbonyl (C=O) groups is 1. The lowest BCUT2D eigenvalue weighted by atomic mass is 9.99. The molecule has 0 bridgehead atoms. The summed E-state index contributed by atoms with van der Waals surface area (Å²) in [6.07, 6.45) is 2.43. The Hall–Kier alpha value is -2.59. The van der Waals surface area contributed by atoms with Crippen molar-refractivity contribution in [3.05, 3.63) is 64.7 Å². The summed E-state index contributed by atoms with van der Waals surface area (Å²) in [6.45, 7) is 6.55. The third-order valence-electron chi connectivity index (χ3n) is 5.47. The molecule has 4 nitrogen and oxygen atoms in total. The quantitative estimate of drug-likeness (QED) is 0.622. The second-order valence-corrected chi connectivity index (χ2v) is 8.10. The highest BCUT2D eigenvalue weighted by atomic mass is 35.5. The Morgan fingerprint density at radius 1 is 1.11 bits per heavy atom. The van der Waals surface area contributed by atoms with E-state index in [4.69, 9.17) is 16.6 Å². The van der Waals surface area contributed by atoms with Crippen LogP contribution >= 0.6 is 11.6 Å². The number of amides is 1. The lowest BCUT2D eigenvalue weighted by molar-refractivity contribution is 0.102. The minimum absolute atomic E-state index is 0.152. The molecule has 0 unspecified atom stereocenters. The second-order valence-electron chi connectivity index (χ2n) is 7.66. The van der Waals surface area contributed by atoms with Crippen LogP contribution in [-0.4, -0.2) is 24.0 Å². The molecular formula is C23H24ClN3O. The second kappa shape index (κ2) is 7.80. The molecule has 2 aromatic carbocycles. The van der Waals surface area contributed by atoms with E-state index in [1.807, 2.05) is 18.2 Å². The van der Waals surface area contributed by atoms with Gasteiger partial charge in [0, 0.05) is 34.7 Å². The molecule has 3 aromatic rings. The highest BCUT2D eigenvalue weighted by molar-refractivity contribution is 6.30. The molecule has 1 saturated heterocycles. The molecule has 0 aliphatic carbocycles. The number of hydrogen-bond acceptors (Lipinski definition) is 3. The predicted molar refractivity (Wildman–Crippen MR) is 116 cm³/mol. The molecule has 2 heterocycles. The van der Waals surface area contributed by atoms with Crippen LogP contribution < -0.4 is 10.2 Å². The van der Waals surface area contributed by atoms with E-state index in [-0.39, 0.29) is 5.91 Å². The number of piperidine rings is 1. The third-order valence-corrected chi connectivity index (χ3v) is 5.73. The SMILES string of the molecule is Cc1cc(N2CCC(C)CC2)nc2ccc(NC(=O)c3ccc(Cl)cc3)cc12. The van der Waals surface area contributed by atoms with Gasteiger partial charge in [-0.3, -0.25) is 4.79 Å². The van der Waals surface area contributed by atoms with Crippen LogP contribution in [-0.2, 0) is 0 Å². The van der Waals surface area contributed by atoms with Crippen LogP contribution in [0, 0.1) is 12.8 Å². The summed E-state index contributed by atoms with van der Waals surface area (Å²) in [4.78, 5) is 19.7. The van der Waals surface area contributed by atoms with E-state index in [2.05, 4.69) is 30.1 Å². The third kappa shape index (κ3) is 3.97. The van der Waals surface area contributed by atoms with Gasteiger partial charge in [0.15, 0.2) is 0 Å². The van der Waals surface area contributed by atoms with E-state index in [1.165, 1.54) is 18.4 Å². The Morgan fingerprint density at radius 3 is 2.54 bits per heavy atom. The summed E-state index contributed by atoms with van der Waals surface area (Å²) < 4.78 is 0. The fourth-order valence-corrected chi connectivity index (χ4v) is 3.78. The highest BCUT2D eigenvalue weighted by Crippen LogP contribution is 2.28. The van der Waals surface area contributed by atoms with E-state index in [0.717, 1.165) is 41.4 Å². The van der Waals surface area contributed by atoms with Crippen LogP contribution in [0.2, 0.25) is 5.02 Å². The van der Waals surface area contributed by atoms with Crippen LogP contribution in [0.5, 0.6) is 0 Å². The summed E-state index contributed by atoms with van der Waals surface area (Å²) in [5.74, 6) is 1.69. The molecule has 1 amide bonds. The first kappa shape index (κ1) is 18.8. The van der Waals surface area contributed by atoms with E-state index in [1.54, 1.807) is 24.3 Å². The number of fused-ring (bicyclic) bond motifs is 1. The molecule has 1 aliphatic heterocycles. The van der Waals surface area contributed by atoms with Crippen LogP contribution in [0.4, 0.5) is 11.5 Å². The average Bonchev–Trinajstić information content (AvgIpc) is 2.69. The van der Waals surface area contributed by atoms with Gasteiger partial charge in [0.25, 0.3) is 5.91 Å². The molecule has 0 spiro atoms. The van der Waals surface area contributed by atoms with Gasteiger partial charge >= 0.3 is 0 Å². The fourth-order valence-electron chi connectivity index (χ4n) is 3.66. The number of carbonyl (C=O) groups excluding carboxylic acids is 1. The number of nitrogens with zero attached hydrogens (tertiary/aromatic N) is 2. The van der Waals surface area contributed by atoms with Crippen molar-refractivity contribution >= 4 is 39.9 Å². The molecular weight excluding hydrogens is 370 g/mol. The van der Waals surface area contributed by atoms with Crippen molar-refractivity contribution < 1.29 is 4.79 Å². The zero-order chi connectivity index (χ0) is 19.7. The van der Waals surface area contributed by atoms with E-state index < -0.39 is 0 Å². The highest BCUT2D eigenvalue weighted by Gasteiger charge is 2.18. The lowest BCUT2D eigenvalue weighted by Gasteiger charge is -2.31. The van der Waals surface area contributed by atoms with Gasteiger partial charge < -0.3 is 10.2 Å². The number of nitrogens with one attached hydrogen (secondary N) is 1. The van der Waals surface area contributed by atoms with Crippen molar-refractivity contribution in [2.45, 2.75) is 26.7 Å². The molecule has 0 radical (unpaired) electrons. The van der Waals surface area contributed by atoms with Crippen molar-refractivity contribution in [3.63, 3.8) is 0 Å². The summed E-state index contributed by atoms with van der Waals surface area (Å²) in [6, 6.07) is 14.9. The zero-order valence-electron chi connectivity index (χ0n) is 16.2. The maximum absolute atomic E-state index is 12.5. The molecule has 0 atom stereocenters. The largest absolute Gasteiger partial charge is 0.357 e. The van der Waals surface area contributed by atoms with Gasteiger partial charge in [-0.1, -0.05) is 18.5 Å². The Bertz CT molecular complexity index is 1010. The minimum atomic E-state index is -0.152.